The van der Waals surface area contributed by atoms with Gasteiger partial charge in [-0.05, 0) is 47.8 Å². The topological polar surface area (TPSA) is 78.4 Å². The van der Waals surface area contributed by atoms with Crippen LogP contribution in [0.1, 0.15) is 26.2 Å². The SMILES string of the molecule is CC(CCCC(=O)O)NC(=O)Nc1c(Cl)cc(F)cc1Br. The van der Waals surface area contributed by atoms with Gasteiger partial charge in [0, 0.05) is 16.9 Å². The third-order valence-electron chi connectivity index (χ3n) is 2.65. The molecule has 1 aromatic carbocycles. The fourth-order valence-corrected chi connectivity index (χ4v) is 2.57. The van der Waals surface area contributed by atoms with Crippen LogP contribution in [0.2, 0.25) is 5.02 Å². The normalized spacial score (nSPS) is 11.8. The van der Waals surface area contributed by atoms with Crippen LogP contribution < -0.4 is 10.6 Å². The lowest BCUT2D eigenvalue weighted by Crippen LogP contribution is -2.36. The van der Waals surface area contributed by atoms with Crippen LogP contribution in [0.3, 0.4) is 0 Å². The molecule has 1 rings (SSSR count). The maximum absolute atomic E-state index is 13.1. The lowest BCUT2D eigenvalue weighted by atomic mass is 10.1. The van der Waals surface area contributed by atoms with Gasteiger partial charge in [-0.1, -0.05) is 11.6 Å². The van der Waals surface area contributed by atoms with Crippen LogP contribution in [0.4, 0.5) is 14.9 Å². The monoisotopic (exact) mass is 380 g/mol. The molecular weight excluding hydrogens is 367 g/mol. The number of carboxylic acids is 1. The molecule has 0 radical (unpaired) electrons. The highest BCUT2D eigenvalue weighted by atomic mass is 79.9. The average molecular weight is 382 g/mol. The number of hydrogen-bond acceptors (Lipinski definition) is 2. The Morgan fingerprint density at radius 2 is 2.14 bits per heavy atom. The van der Waals surface area contributed by atoms with Gasteiger partial charge in [0.25, 0.3) is 0 Å². The van der Waals surface area contributed by atoms with Gasteiger partial charge in [-0.3, -0.25) is 4.79 Å². The van der Waals surface area contributed by atoms with Crippen LogP contribution in [0.25, 0.3) is 0 Å². The number of rotatable bonds is 6. The molecule has 0 heterocycles. The van der Waals surface area contributed by atoms with Crippen molar-refractivity contribution in [2.24, 2.45) is 0 Å². The molecule has 0 aliphatic heterocycles. The summed E-state index contributed by atoms with van der Waals surface area (Å²) in [5.74, 6) is -1.38. The predicted octanol–water partition coefficient (Wildman–Crippen LogP) is 4.01. The highest BCUT2D eigenvalue weighted by molar-refractivity contribution is 9.10. The van der Waals surface area contributed by atoms with E-state index in [-0.39, 0.29) is 23.2 Å². The Morgan fingerprint density at radius 1 is 1.48 bits per heavy atom. The standard InChI is InChI=1S/C13H15BrClFN2O3/c1-7(3-2-4-11(19)20)17-13(21)18-12-9(14)5-8(16)6-10(12)15/h5-7H,2-4H2,1H3,(H,19,20)(H2,17,18,21). The van der Waals surface area contributed by atoms with Gasteiger partial charge in [0.05, 0.1) is 10.7 Å². The number of amides is 2. The molecule has 1 aromatic rings. The molecular formula is C13H15BrClFN2O3. The first-order valence-corrected chi connectivity index (χ1v) is 7.40. The number of aliphatic carboxylic acids is 1. The first-order chi connectivity index (χ1) is 9.79. The highest BCUT2D eigenvalue weighted by Crippen LogP contribution is 2.31. The molecule has 21 heavy (non-hydrogen) atoms. The third kappa shape index (κ3) is 6.31. The number of anilines is 1. The van der Waals surface area contributed by atoms with Crippen molar-refractivity contribution in [3.8, 4) is 0 Å². The molecule has 0 aromatic heterocycles. The zero-order valence-electron chi connectivity index (χ0n) is 11.3. The molecule has 2 amide bonds. The van der Waals surface area contributed by atoms with Crippen molar-refractivity contribution < 1.29 is 19.1 Å². The molecule has 116 valence electrons. The van der Waals surface area contributed by atoms with Crippen molar-refractivity contribution in [1.29, 1.82) is 0 Å². The smallest absolute Gasteiger partial charge is 0.319 e. The Hall–Kier alpha value is -1.34. The van der Waals surface area contributed by atoms with Crippen LogP contribution in [0, 0.1) is 5.82 Å². The molecule has 0 aliphatic carbocycles. The Balaban J connectivity index is 2.52. The lowest BCUT2D eigenvalue weighted by molar-refractivity contribution is -0.137. The van der Waals surface area contributed by atoms with Gasteiger partial charge in [0.1, 0.15) is 5.82 Å². The third-order valence-corrected chi connectivity index (χ3v) is 3.57. The van der Waals surface area contributed by atoms with E-state index in [1.54, 1.807) is 6.92 Å². The number of benzene rings is 1. The van der Waals surface area contributed by atoms with E-state index in [2.05, 4.69) is 26.6 Å². The van der Waals surface area contributed by atoms with Crippen molar-refractivity contribution in [1.82, 2.24) is 5.32 Å². The van der Waals surface area contributed by atoms with Gasteiger partial charge in [0.15, 0.2) is 0 Å². The van der Waals surface area contributed by atoms with Gasteiger partial charge in [0.2, 0.25) is 0 Å². The average Bonchev–Trinajstić information content (AvgIpc) is 2.33. The summed E-state index contributed by atoms with van der Waals surface area (Å²) in [6, 6.07) is 1.60. The molecule has 5 nitrogen and oxygen atoms in total. The van der Waals surface area contributed by atoms with Crippen molar-refractivity contribution in [3.05, 3.63) is 27.4 Å². The molecule has 0 saturated heterocycles. The second kappa shape index (κ2) is 8.19. The molecule has 0 spiro atoms. The molecule has 0 bridgehead atoms. The van der Waals surface area contributed by atoms with E-state index in [4.69, 9.17) is 16.7 Å². The summed E-state index contributed by atoms with van der Waals surface area (Å²) in [6.07, 6.45) is 1.07. The van der Waals surface area contributed by atoms with Gasteiger partial charge >= 0.3 is 12.0 Å². The van der Waals surface area contributed by atoms with Crippen LogP contribution in [0.5, 0.6) is 0 Å². The van der Waals surface area contributed by atoms with Crippen LogP contribution in [-0.4, -0.2) is 23.1 Å². The first kappa shape index (κ1) is 17.7. The van der Waals surface area contributed by atoms with Crippen molar-refractivity contribution in [2.45, 2.75) is 32.2 Å². The quantitative estimate of drug-likeness (QED) is 0.697. The van der Waals surface area contributed by atoms with Gasteiger partial charge in [-0.2, -0.15) is 0 Å². The minimum absolute atomic E-state index is 0.0585. The fourth-order valence-electron chi connectivity index (χ4n) is 1.67. The number of carbonyl (C=O) groups is 2. The molecule has 0 aliphatic rings. The minimum atomic E-state index is -0.867. The van der Waals surface area contributed by atoms with Gasteiger partial charge in [-0.15, -0.1) is 0 Å². The van der Waals surface area contributed by atoms with E-state index in [0.717, 1.165) is 6.07 Å². The summed E-state index contributed by atoms with van der Waals surface area (Å²) in [7, 11) is 0. The predicted molar refractivity (Wildman–Crippen MR) is 82.2 cm³/mol. The zero-order chi connectivity index (χ0) is 16.0. The van der Waals surface area contributed by atoms with Crippen LogP contribution in [-0.2, 0) is 4.79 Å². The molecule has 3 N–H and O–H groups in total. The summed E-state index contributed by atoms with van der Waals surface area (Å²) < 4.78 is 13.4. The van der Waals surface area contributed by atoms with E-state index >= 15 is 0 Å². The fraction of sp³-hybridized carbons (Fsp3) is 0.385. The van der Waals surface area contributed by atoms with Crippen molar-refractivity contribution in [3.63, 3.8) is 0 Å². The zero-order valence-corrected chi connectivity index (χ0v) is 13.6. The van der Waals surface area contributed by atoms with E-state index in [1.807, 2.05) is 0 Å². The molecule has 0 saturated carbocycles. The van der Waals surface area contributed by atoms with Crippen molar-refractivity contribution >= 4 is 45.2 Å². The maximum atomic E-state index is 13.1. The van der Waals surface area contributed by atoms with Crippen LogP contribution in [0.15, 0.2) is 16.6 Å². The van der Waals surface area contributed by atoms with E-state index in [0.29, 0.717) is 17.3 Å². The Morgan fingerprint density at radius 3 is 2.71 bits per heavy atom. The number of carboxylic acid groups (broad SMARTS) is 1. The lowest BCUT2D eigenvalue weighted by Gasteiger charge is -2.15. The van der Waals surface area contributed by atoms with Crippen LogP contribution >= 0.6 is 27.5 Å². The first-order valence-electron chi connectivity index (χ1n) is 6.23. The molecule has 1 unspecified atom stereocenters. The summed E-state index contributed by atoms with van der Waals surface area (Å²) in [6.45, 7) is 1.77. The summed E-state index contributed by atoms with van der Waals surface area (Å²) in [5.41, 5.74) is 0.272. The van der Waals surface area contributed by atoms with Gasteiger partial charge < -0.3 is 15.7 Å². The Bertz CT molecular complexity index is 519. The second-order valence-electron chi connectivity index (χ2n) is 4.53. The second-order valence-corrected chi connectivity index (χ2v) is 5.79. The Labute approximate surface area is 135 Å². The molecule has 0 fully saturated rings. The van der Waals surface area contributed by atoms with E-state index in [1.165, 1.54) is 6.07 Å². The highest BCUT2D eigenvalue weighted by Gasteiger charge is 2.13. The summed E-state index contributed by atoms with van der Waals surface area (Å²) in [5, 5.41) is 13.8. The summed E-state index contributed by atoms with van der Waals surface area (Å²) >= 11 is 8.97. The number of carbonyl (C=O) groups excluding carboxylic acids is 1. The van der Waals surface area contributed by atoms with Crippen molar-refractivity contribution in [2.75, 3.05) is 5.32 Å². The minimum Gasteiger partial charge on any atom is -0.481 e. The van der Waals surface area contributed by atoms with Gasteiger partial charge in [-0.25, -0.2) is 9.18 Å². The van der Waals surface area contributed by atoms with E-state index < -0.39 is 17.8 Å². The molecule has 8 heteroatoms. The number of urea groups is 1. The largest absolute Gasteiger partial charge is 0.481 e. The number of halogens is 3. The van der Waals surface area contributed by atoms with E-state index in [9.17, 15) is 14.0 Å². The maximum Gasteiger partial charge on any atom is 0.319 e. The summed E-state index contributed by atoms with van der Waals surface area (Å²) in [4.78, 5) is 22.2. The Kier molecular flexibility index (Phi) is 6.91. The molecule has 1 atom stereocenters. The number of hydrogen-bond donors (Lipinski definition) is 3. The number of nitrogens with one attached hydrogen (secondary N) is 2.